The molecule has 0 aromatic rings. The van der Waals surface area contributed by atoms with Crippen LogP contribution in [-0.2, 0) is 0 Å². The first-order valence-electron chi connectivity index (χ1n) is 3.18. The van der Waals surface area contributed by atoms with Crippen molar-refractivity contribution in [3.8, 4) is 0 Å². The highest BCUT2D eigenvalue weighted by Gasteiger charge is 2.26. The minimum Gasteiger partial charge on any atom is -0.239 e. The zero-order valence-corrected chi connectivity index (χ0v) is 8.20. The SMILES string of the molecule is [B]C1CC(S)N(S)CC1S. The first-order valence-corrected chi connectivity index (χ1v) is 4.62. The average molecular weight is 191 g/mol. The Bertz CT molecular complexity index is 97.5. The molecule has 1 saturated heterocycles. The lowest BCUT2D eigenvalue weighted by molar-refractivity contribution is 0.367. The van der Waals surface area contributed by atoms with Crippen LogP contribution in [0.4, 0.5) is 0 Å². The molecule has 2 radical (unpaired) electrons. The molecule has 5 heteroatoms. The van der Waals surface area contributed by atoms with Crippen LogP contribution < -0.4 is 0 Å². The first kappa shape index (κ1) is 9.17. The Morgan fingerprint density at radius 1 is 1.40 bits per heavy atom. The number of thiol groups is 3. The zero-order valence-electron chi connectivity index (χ0n) is 5.51. The predicted molar refractivity (Wildman–Crippen MR) is 55.4 cm³/mol. The molecule has 10 heavy (non-hydrogen) atoms. The van der Waals surface area contributed by atoms with Crippen molar-refractivity contribution in [3.63, 3.8) is 0 Å². The molecule has 1 fully saturated rings. The van der Waals surface area contributed by atoms with E-state index in [1.165, 1.54) is 0 Å². The summed E-state index contributed by atoms with van der Waals surface area (Å²) in [4.78, 5) is 0. The Hall–Kier alpha value is 1.07. The number of nitrogens with zero attached hydrogens (tertiary/aromatic N) is 1. The molecule has 3 unspecified atom stereocenters. The topological polar surface area (TPSA) is 3.24 Å². The van der Waals surface area contributed by atoms with Crippen LogP contribution >= 0.6 is 38.1 Å². The van der Waals surface area contributed by atoms with Crippen LogP contribution in [0.1, 0.15) is 6.42 Å². The highest BCUT2D eigenvalue weighted by atomic mass is 32.1. The Labute approximate surface area is 79.7 Å². The highest BCUT2D eigenvalue weighted by molar-refractivity contribution is 7.83. The summed E-state index contributed by atoms with van der Waals surface area (Å²) >= 11 is 12.8. The van der Waals surface area contributed by atoms with Crippen molar-refractivity contribution in [1.82, 2.24) is 4.31 Å². The maximum atomic E-state index is 5.74. The molecule has 1 aliphatic heterocycles. The van der Waals surface area contributed by atoms with Crippen LogP contribution in [0.15, 0.2) is 0 Å². The lowest BCUT2D eigenvalue weighted by Crippen LogP contribution is -2.38. The van der Waals surface area contributed by atoms with E-state index in [1.807, 2.05) is 4.31 Å². The quantitative estimate of drug-likeness (QED) is 0.381. The van der Waals surface area contributed by atoms with E-state index in [9.17, 15) is 0 Å². The van der Waals surface area contributed by atoms with Gasteiger partial charge in [0.15, 0.2) is 0 Å². The molecule has 1 heterocycles. The number of hydrogen-bond acceptors (Lipinski definition) is 4. The maximum absolute atomic E-state index is 5.74. The standard InChI is InChI=1S/C5H10BNS3/c6-3-1-5(9)7(10)2-4(3)8/h3-5,8-10H,1-2H2. The Morgan fingerprint density at radius 2 is 2.00 bits per heavy atom. The van der Waals surface area contributed by atoms with Crippen LogP contribution in [0.2, 0.25) is 5.82 Å². The molecule has 0 spiro atoms. The summed E-state index contributed by atoms with van der Waals surface area (Å²) in [6.07, 6.45) is 0.862. The van der Waals surface area contributed by atoms with Gasteiger partial charge in [0.2, 0.25) is 0 Å². The molecule has 1 nitrogen and oxygen atoms in total. The number of hydrogen-bond donors (Lipinski definition) is 3. The van der Waals surface area contributed by atoms with Gasteiger partial charge in [-0.25, -0.2) is 4.31 Å². The molecule has 0 aromatic heterocycles. The van der Waals surface area contributed by atoms with E-state index in [2.05, 4.69) is 38.1 Å². The smallest absolute Gasteiger partial charge is 0.0716 e. The lowest BCUT2D eigenvalue weighted by Gasteiger charge is -2.35. The molecular formula is C5H10BNS3. The van der Waals surface area contributed by atoms with Gasteiger partial charge in [-0.1, -0.05) is 18.6 Å². The normalized spacial score (nSPS) is 43.7. The molecule has 1 rings (SSSR count). The summed E-state index contributed by atoms with van der Waals surface area (Å²) in [5.74, 6) is 0.161. The Morgan fingerprint density at radius 3 is 2.50 bits per heavy atom. The highest BCUT2D eigenvalue weighted by Crippen LogP contribution is 2.31. The predicted octanol–water partition coefficient (Wildman–Crippen LogP) is 1.05. The molecule has 0 N–H and O–H groups in total. The van der Waals surface area contributed by atoms with E-state index in [1.54, 1.807) is 0 Å². The molecule has 56 valence electrons. The fourth-order valence-electron chi connectivity index (χ4n) is 0.971. The average Bonchev–Trinajstić information content (AvgIpc) is 1.84. The van der Waals surface area contributed by atoms with Crippen molar-refractivity contribution in [3.05, 3.63) is 0 Å². The van der Waals surface area contributed by atoms with Gasteiger partial charge in [-0.2, -0.15) is 25.3 Å². The third-order valence-electron chi connectivity index (χ3n) is 1.70. The second kappa shape index (κ2) is 3.65. The molecule has 1 aliphatic rings. The fraction of sp³-hybridized carbons (Fsp3) is 1.00. The summed E-state index contributed by atoms with van der Waals surface area (Å²) < 4.78 is 1.87. The second-order valence-corrected chi connectivity index (χ2v) is 4.34. The summed E-state index contributed by atoms with van der Waals surface area (Å²) in [6, 6.07) is 0. The van der Waals surface area contributed by atoms with Gasteiger partial charge in [0.1, 0.15) is 0 Å². The van der Waals surface area contributed by atoms with E-state index in [-0.39, 0.29) is 16.4 Å². The maximum Gasteiger partial charge on any atom is 0.0716 e. The summed E-state index contributed by atoms with van der Waals surface area (Å²) in [6.45, 7) is 0.807. The molecule has 0 bridgehead atoms. The Kier molecular flexibility index (Phi) is 3.35. The van der Waals surface area contributed by atoms with Gasteiger partial charge in [-0.05, 0) is 6.42 Å². The van der Waals surface area contributed by atoms with Crippen LogP contribution in [0.25, 0.3) is 0 Å². The van der Waals surface area contributed by atoms with Crippen LogP contribution in [-0.4, -0.2) is 29.3 Å². The molecule has 3 atom stereocenters. The monoisotopic (exact) mass is 191 g/mol. The fourth-order valence-corrected chi connectivity index (χ4v) is 2.01. The third kappa shape index (κ3) is 2.03. The molecule has 0 aromatic carbocycles. The van der Waals surface area contributed by atoms with E-state index >= 15 is 0 Å². The van der Waals surface area contributed by atoms with E-state index in [0.29, 0.717) is 0 Å². The number of rotatable bonds is 0. The van der Waals surface area contributed by atoms with Gasteiger partial charge in [-0.15, -0.1) is 0 Å². The zero-order chi connectivity index (χ0) is 7.72. The minimum absolute atomic E-state index is 0.161. The van der Waals surface area contributed by atoms with Crippen molar-refractivity contribution >= 4 is 45.9 Å². The van der Waals surface area contributed by atoms with Gasteiger partial charge in [0, 0.05) is 11.8 Å². The number of piperidine rings is 1. The first-order chi connectivity index (χ1) is 4.61. The van der Waals surface area contributed by atoms with Crippen LogP contribution in [0.5, 0.6) is 0 Å². The second-order valence-electron chi connectivity index (χ2n) is 2.57. The summed E-state index contributed by atoms with van der Waals surface area (Å²) in [5.41, 5.74) is 0. The van der Waals surface area contributed by atoms with E-state index in [0.717, 1.165) is 13.0 Å². The molecule has 0 aliphatic carbocycles. The van der Waals surface area contributed by atoms with Crippen LogP contribution in [0, 0.1) is 0 Å². The van der Waals surface area contributed by atoms with Crippen molar-refractivity contribution in [1.29, 1.82) is 0 Å². The van der Waals surface area contributed by atoms with Gasteiger partial charge in [-0.3, -0.25) is 0 Å². The van der Waals surface area contributed by atoms with Crippen LogP contribution in [0.3, 0.4) is 0 Å². The van der Waals surface area contributed by atoms with Gasteiger partial charge >= 0.3 is 0 Å². The molecule has 0 saturated carbocycles. The van der Waals surface area contributed by atoms with Crippen molar-refractivity contribution < 1.29 is 0 Å². The van der Waals surface area contributed by atoms with Gasteiger partial charge in [0.25, 0.3) is 0 Å². The van der Waals surface area contributed by atoms with Gasteiger partial charge in [0.05, 0.1) is 13.2 Å². The Balaban J connectivity index is 2.46. The molecule has 0 amide bonds. The largest absolute Gasteiger partial charge is 0.239 e. The minimum atomic E-state index is 0.161. The van der Waals surface area contributed by atoms with E-state index < -0.39 is 0 Å². The third-order valence-corrected chi connectivity index (χ3v) is 3.36. The van der Waals surface area contributed by atoms with Crippen molar-refractivity contribution in [2.75, 3.05) is 6.54 Å². The summed E-state index contributed by atoms with van der Waals surface area (Å²) in [5, 5.41) is 0.419. The van der Waals surface area contributed by atoms with E-state index in [4.69, 9.17) is 7.85 Å². The van der Waals surface area contributed by atoms with Crippen molar-refractivity contribution in [2.24, 2.45) is 0 Å². The van der Waals surface area contributed by atoms with Gasteiger partial charge < -0.3 is 0 Å². The summed E-state index contributed by atoms with van der Waals surface area (Å²) in [7, 11) is 5.74. The lowest BCUT2D eigenvalue weighted by atomic mass is 9.79. The molecular weight excluding hydrogens is 181 g/mol. The van der Waals surface area contributed by atoms with Crippen molar-refractivity contribution in [2.45, 2.75) is 22.9 Å².